The van der Waals surface area contributed by atoms with Crippen molar-refractivity contribution >= 4 is 11.8 Å². The molecule has 1 saturated heterocycles. The molecule has 15 atom stereocenters. The van der Waals surface area contributed by atoms with E-state index in [2.05, 4.69) is 0 Å². The van der Waals surface area contributed by atoms with Crippen LogP contribution in [-0.2, 0) is 28.5 Å². The third-order valence-corrected chi connectivity index (χ3v) is 12.8. The van der Waals surface area contributed by atoms with Gasteiger partial charge in [0.2, 0.25) is 0 Å². The van der Waals surface area contributed by atoms with Crippen molar-refractivity contribution in [2.24, 2.45) is 40.4 Å². The number of likely N-dealkylation sites (tertiary alicyclic amines) is 1. The second kappa shape index (κ2) is 9.77. The Kier molecular flexibility index (Phi) is 6.75. The molecule has 236 valence electrons. The van der Waals surface area contributed by atoms with E-state index in [1.807, 2.05) is 6.92 Å². The Hall–Kier alpha value is -1.96. The summed E-state index contributed by atoms with van der Waals surface area (Å²) in [6.45, 7) is 2.35. The number of nitrogens with zero attached hydrogens (tertiary/aromatic N) is 1. The van der Waals surface area contributed by atoms with Gasteiger partial charge in [-0.15, -0.1) is 0 Å². The maximum absolute atomic E-state index is 15.3. The fraction of sp³-hybridized carbons (Fsp3) is 0.750. The normalized spacial score (nSPS) is 52.3. The average Bonchev–Trinajstić information content (AvgIpc) is 3.37. The quantitative estimate of drug-likeness (QED) is 0.253. The first-order valence-corrected chi connectivity index (χ1v) is 15.4. The summed E-state index contributed by atoms with van der Waals surface area (Å²) in [5.41, 5.74) is -3.32. The maximum atomic E-state index is 15.3. The molecule has 43 heavy (non-hydrogen) atoms. The van der Waals surface area contributed by atoms with Gasteiger partial charge in [-0.3, -0.25) is 4.79 Å². The van der Waals surface area contributed by atoms with Gasteiger partial charge in [-0.05, 0) is 31.4 Å². The lowest BCUT2D eigenvalue weighted by molar-refractivity contribution is -0.933. The number of fused-ring (bicyclic) bond motifs is 2. The topological polar surface area (TPSA) is 144 Å². The lowest BCUT2D eigenvalue weighted by Crippen LogP contribution is -2.81. The first-order valence-electron chi connectivity index (χ1n) is 15.4. The highest BCUT2D eigenvalue weighted by atomic mass is 16.6. The number of piperidine rings is 1. The highest BCUT2D eigenvalue weighted by Gasteiger charge is 2.90. The monoisotopic (exact) mass is 601 g/mol. The Morgan fingerprint density at radius 1 is 1.09 bits per heavy atom. The first kappa shape index (κ1) is 29.7. The van der Waals surface area contributed by atoms with Crippen LogP contribution in [0.1, 0.15) is 30.1 Å². The molecule has 5 saturated carbocycles. The standard InChI is InChI=1S/C32H43NO10/c1-6-33(38)14-30(15-39-2)18(34)12-19(40-3)32-17-13-31(37)27(43-29(36)16-10-8-7-9-11-16)20(17)21(23(35)28(31)42-5)22(26(32)33)24(41-4)25(30)32/h7-11,17-22,24-28,34,37H,6,12-15H2,1-5H3/t17-,18-,19+,20+,21+,22+,24+,25-,26?,27-,28-,30+,31-,32+,33?/m1/s1. The van der Waals surface area contributed by atoms with Gasteiger partial charge in [-0.1, -0.05) is 18.2 Å². The molecule has 0 aromatic heterocycles. The van der Waals surface area contributed by atoms with Crippen LogP contribution in [0.4, 0.5) is 0 Å². The van der Waals surface area contributed by atoms with E-state index in [4.69, 9.17) is 23.7 Å². The van der Waals surface area contributed by atoms with E-state index in [0.29, 0.717) is 5.56 Å². The number of Topliss-reactive ketones (excluding diaryl/α,β-unsaturated/α-hetero) is 1. The van der Waals surface area contributed by atoms with Crippen molar-refractivity contribution < 1.29 is 48.1 Å². The van der Waals surface area contributed by atoms with E-state index >= 15 is 5.21 Å². The van der Waals surface area contributed by atoms with E-state index in [9.17, 15) is 19.8 Å². The van der Waals surface area contributed by atoms with Crippen LogP contribution in [-0.4, -0.2) is 117 Å². The van der Waals surface area contributed by atoms with Gasteiger partial charge >= 0.3 is 5.97 Å². The summed E-state index contributed by atoms with van der Waals surface area (Å²) in [7, 11) is 6.17. The van der Waals surface area contributed by atoms with Crippen LogP contribution in [0.2, 0.25) is 0 Å². The van der Waals surface area contributed by atoms with Gasteiger partial charge in [0.05, 0.1) is 54.4 Å². The molecule has 6 fully saturated rings. The number of quaternary nitrogens is 1. The van der Waals surface area contributed by atoms with E-state index in [-0.39, 0.29) is 38.3 Å². The van der Waals surface area contributed by atoms with Crippen molar-refractivity contribution in [2.45, 2.75) is 61.9 Å². The van der Waals surface area contributed by atoms with Gasteiger partial charge < -0.3 is 43.8 Å². The number of rotatable bonds is 8. The Labute approximate surface area is 251 Å². The van der Waals surface area contributed by atoms with Gasteiger partial charge in [0.1, 0.15) is 23.9 Å². The van der Waals surface area contributed by atoms with Crippen LogP contribution in [0.5, 0.6) is 0 Å². The van der Waals surface area contributed by atoms with Crippen LogP contribution in [0, 0.1) is 45.6 Å². The Morgan fingerprint density at radius 3 is 2.42 bits per heavy atom. The van der Waals surface area contributed by atoms with E-state index in [0.717, 1.165) is 0 Å². The Morgan fingerprint density at radius 2 is 1.81 bits per heavy atom. The zero-order valence-corrected chi connectivity index (χ0v) is 25.4. The average molecular weight is 602 g/mol. The minimum atomic E-state index is -1.80. The summed E-state index contributed by atoms with van der Waals surface area (Å²) in [5, 5.41) is 39.6. The molecule has 1 aromatic rings. The zero-order chi connectivity index (χ0) is 30.7. The molecule has 6 aliphatic rings. The number of aliphatic hydroxyl groups excluding tert-OH is 1. The van der Waals surface area contributed by atoms with Crippen molar-refractivity contribution in [3.05, 3.63) is 41.1 Å². The second-order valence-corrected chi connectivity index (χ2v) is 13.9. The molecule has 2 N–H and O–H groups in total. The predicted octanol–water partition coefficient (Wildman–Crippen LogP) is 1.18. The summed E-state index contributed by atoms with van der Waals surface area (Å²) in [6, 6.07) is 7.99. The van der Waals surface area contributed by atoms with E-state index < -0.39 is 93.2 Å². The molecule has 11 heteroatoms. The minimum absolute atomic E-state index is 0.0873. The number of ether oxygens (including phenoxy) is 5. The summed E-state index contributed by atoms with van der Waals surface area (Å²) in [5.74, 6) is -3.63. The van der Waals surface area contributed by atoms with Gasteiger partial charge in [0.15, 0.2) is 5.78 Å². The molecule has 1 aliphatic heterocycles. The summed E-state index contributed by atoms with van der Waals surface area (Å²) in [6.07, 6.45) is -3.95. The molecule has 0 amide bonds. The zero-order valence-electron chi connectivity index (χ0n) is 25.4. The van der Waals surface area contributed by atoms with Crippen molar-refractivity contribution in [1.82, 2.24) is 0 Å². The second-order valence-electron chi connectivity index (χ2n) is 13.9. The van der Waals surface area contributed by atoms with Crippen LogP contribution >= 0.6 is 0 Å². The number of hydrogen-bond acceptors (Lipinski definition) is 10. The fourth-order valence-corrected chi connectivity index (χ4v) is 12.0. The highest BCUT2D eigenvalue weighted by Crippen LogP contribution is 2.79. The van der Waals surface area contributed by atoms with Gasteiger partial charge in [-0.2, -0.15) is 0 Å². The summed E-state index contributed by atoms with van der Waals surface area (Å²) in [4.78, 5) is 28.0. The lowest BCUT2D eigenvalue weighted by atomic mass is 9.43. The lowest BCUT2D eigenvalue weighted by Gasteiger charge is -2.72. The van der Waals surface area contributed by atoms with Crippen LogP contribution < -0.4 is 0 Å². The number of ketones is 1. The van der Waals surface area contributed by atoms with Crippen LogP contribution in [0.3, 0.4) is 0 Å². The molecule has 7 bridgehead atoms. The highest BCUT2D eigenvalue weighted by molar-refractivity contribution is 5.92. The first-order chi connectivity index (χ1) is 20.5. The fourth-order valence-electron chi connectivity index (χ4n) is 12.0. The molecule has 5 aliphatic carbocycles. The smallest absolute Gasteiger partial charge is 0.338 e. The molecule has 0 radical (unpaired) electrons. The van der Waals surface area contributed by atoms with Gasteiger partial charge in [-0.25, -0.2) is 4.79 Å². The largest absolute Gasteiger partial charge is 0.633 e. The Balaban J connectivity index is 1.48. The number of esters is 1. The number of methoxy groups -OCH3 is 4. The van der Waals surface area contributed by atoms with Crippen molar-refractivity contribution in [2.75, 3.05) is 48.1 Å². The predicted molar refractivity (Wildman–Crippen MR) is 150 cm³/mol. The third kappa shape index (κ3) is 3.32. The van der Waals surface area contributed by atoms with Gasteiger partial charge in [0, 0.05) is 58.5 Å². The van der Waals surface area contributed by atoms with E-state index in [1.54, 1.807) is 51.7 Å². The van der Waals surface area contributed by atoms with Crippen molar-refractivity contribution in [3.8, 4) is 0 Å². The molecule has 7 rings (SSSR count). The van der Waals surface area contributed by atoms with Crippen molar-refractivity contribution in [1.29, 1.82) is 0 Å². The van der Waals surface area contributed by atoms with Crippen LogP contribution in [0.15, 0.2) is 30.3 Å². The summed E-state index contributed by atoms with van der Waals surface area (Å²) < 4.78 is 29.7. The minimum Gasteiger partial charge on any atom is -0.633 e. The number of benzene rings is 1. The molecule has 1 aromatic carbocycles. The van der Waals surface area contributed by atoms with Crippen LogP contribution in [0.25, 0.3) is 0 Å². The van der Waals surface area contributed by atoms with E-state index in [1.165, 1.54) is 7.11 Å². The number of aliphatic hydroxyl groups is 2. The molecular formula is C32H43NO10. The third-order valence-electron chi connectivity index (χ3n) is 12.8. The maximum Gasteiger partial charge on any atom is 0.338 e. The molecule has 1 heterocycles. The summed E-state index contributed by atoms with van der Waals surface area (Å²) >= 11 is 0. The molecular weight excluding hydrogens is 558 g/mol. The number of carbonyl (C=O) groups is 2. The van der Waals surface area contributed by atoms with Gasteiger partial charge in [0.25, 0.3) is 0 Å². The Bertz CT molecular complexity index is 1300. The van der Waals surface area contributed by atoms with Crippen molar-refractivity contribution in [3.63, 3.8) is 0 Å². The molecule has 2 unspecified atom stereocenters. The number of hydroxylamine groups is 3. The SMILES string of the molecule is CC[N+]1([O-])C[C@]2(COC)[C@H](O)C[C@H](OC)[C@]34C1[C@H]([C@H](OC)[C@H]23)[C@H]1C(=O)[C@@H](OC)[C@@]2(O)C[C@@H]4[C@@H]1[C@H]2OC(=O)c1ccccc1. The number of hydrogen-bond donors (Lipinski definition) is 2. The molecule has 1 spiro atoms. The number of carbonyl (C=O) groups excluding carboxylic acids is 2. The molecule has 11 nitrogen and oxygen atoms in total.